The van der Waals surface area contributed by atoms with Crippen molar-refractivity contribution < 1.29 is 9.53 Å². The molecular formula is C17H14N2O2S2. The maximum absolute atomic E-state index is 12.6. The van der Waals surface area contributed by atoms with Gasteiger partial charge < -0.3 is 10.1 Å². The first-order valence-electron chi connectivity index (χ1n) is 7.37. The summed E-state index contributed by atoms with van der Waals surface area (Å²) in [6.45, 7) is 0.482. The molecule has 3 heterocycles. The minimum atomic E-state index is -0.722. The van der Waals surface area contributed by atoms with Crippen LogP contribution in [-0.2, 0) is 6.61 Å². The number of carbonyl (C=O) groups is 1. The Morgan fingerprint density at radius 2 is 2.26 bits per heavy atom. The number of ether oxygens (including phenoxy) is 1. The highest BCUT2D eigenvalue weighted by molar-refractivity contribution is 7.99. The van der Waals surface area contributed by atoms with Crippen molar-refractivity contribution in [2.24, 2.45) is 0 Å². The zero-order chi connectivity index (χ0) is 15.9. The lowest BCUT2D eigenvalue weighted by Crippen LogP contribution is -2.47. The summed E-state index contributed by atoms with van der Waals surface area (Å²) >= 11 is 3.18. The van der Waals surface area contributed by atoms with Crippen molar-refractivity contribution in [3.05, 3.63) is 40.8 Å². The number of nitrogens with zero attached hydrogens (tertiary/aromatic N) is 1. The normalized spacial score (nSPS) is 21.7. The van der Waals surface area contributed by atoms with E-state index < -0.39 is 5.54 Å². The van der Waals surface area contributed by atoms with E-state index in [1.807, 2.05) is 30.3 Å². The van der Waals surface area contributed by atoms with Crippen LogP contribution in [0, 0.1) is 11.3 Å². The molecule has 2 aliphatic rings. The highest BCUT2D eigenvalue weighted by atomic mass is 32.2. The van der Waals surface area contributed by atoms with Gasteiger partial charge in [0.15, 0.2) is 0 Å². The van der Waals surface area contributed by atoms with Gasteiger partial charge >= 0.3 is 0 Å². The minimum Gasteiger partial charge on any atom is -0.488 e. The Bertz CT molecular complexity index is 816. The zero-order valence-corrected chi connectivity index (χ0v) is 13.9. The molecule has 1 aromatic carbocycles. The van der Waals surface area contributed by atoms with Gasteiger partial charge in [0.05, 0.1) is 10.9 Å². The number of nitriles is 1. The van der Waals surface area contributed by atoms with Crippen molar-refractivity contribution in [2.75, 3.05) is 11.5 Å². The molecule has 0 bridgehead atoms. The van der Waals surface area contributed by atoms with E-state index in [0.717, 1.165) is 27.5 Å². The van der Waals surface area contributed by atoms with Crippen LogP contribution in [0.25, 0.3) is 10.4 Å². The fourth-order valence-electron chi connectivity index (χ4n) is 2.87. The Kier molecular flexibility index (Phi) is 3.55. The van der Waals surface area contributed by atoms with Gasteiger partial charge in [0.1, 0.15) is 17.9 Å². The lowest BCUT2D eigenvalue weighted by Gasteiger charge is -2.20. The standard InChI is InChI=1S/C17H14N2O2S2/c18-9-17(5-6-22-10-17)19-16(20)14-7-11-8-21-13-4-2-1-3-12(13)15(11)23-14/h1-4,7H,5-6,8,10H2,(H,19,20). The van der Waals surface area contributed by atoms with E-state index >= 15 is 0 Å². The first-order chi connectivity index (χ1) is 11.2. The predicted molar refractivity (Wildman–Crippen MR) is 91.8 cm³/mol. The summed E-state index contributed by atoms with van der Waals surface area (Å²) in [6.07, 6.45) is 0.705. The number of benzene rings is 1. The first kappa shape index (κ1) is 14.6. The van der Waals surface area contributed by atoms with Crippen LogP contribution in [0.4, 0.5) is 0 Å². The summed E-state index contributed by atoms with van der Waals surface area (Å²) in [5, 5.41) is 12.4. The molecule has 2 aliphatic heterocycles. The van der Waals surface area contributed by atoms with Crippen LogP contribution in [0.3, 0.4) is 0 Å². The van der Waals surface area contributed by atoms with E-state index in [4.69, 9.17) is 4.74 Å². The van der Waals surface area contributed by atoms with Gasteiger partial charge in [0.25, 0.3) is 5.91 Å². The summed E-state index contributed by atoms with van der Waals surface area (Å²) in [5.41, 5.74) is 1.34. The Labute approximate surface area is 142 Å². The average molecular weight is 342 g/mol. The molecule has 0 spiro atoms. The van der Waals surface area contributed by atoms with Crippen LogP contribution in [-0.4, -0.2) is 23.0 Å². The topological polar surface area (TPSA) is 62.1 Å². The Balaban J connectivity index is 1.64. The van der Waals surface area contributed by atoms with Crippen molar-refractivity contribution in [1.82, 2.24) is 5.32 Å². The van der Waals surface area contributed by atoms with E-state index in [-0.39, 0.29) is 5.91 Å². The number of nitrogens with one attached hydrogen (secondary N) is 1. The summed E-state index contributed by atoms with van der Waals surface area (Å²) in [5.74, 6) is 2.27. The molecule has 0 radical (unpaired) electrons. The summed E-state index contributed by atoms with van der Waals surface area (Å²) in [6, 6.07) is 12.0. The lowest BCUT2D eigenvalue weighted by atomic mass is 10.0. The van der Waals surface area contributed by atoms with Crippen molar-refractivity contribution in [2.45, 2.75) is 18.6 Å². The highest BCUT2D eigenvalue weighted by Gasteiger charge is 2.37. The Morgan fingerprint density at radius 3 is 3.04 bits per heavy atom. The fourth-order valence-corrected chi connectivity index (χ4v) is 5.23. The molecule has 1 aromatic heterocycles. The van der Waals surface area contributed by atoms with Crippen molar-refractivity contribution >= 4 is 29.0 Å². The molecule has 116 valence electrons. The third-order valence-electron chi connectivity index (χ3n) is 4.14. The SMILES string of the molecule is N#CC1(NC(=O)c2cc3c(s2)-c2ccccc2OC3)CCSC1. The molecule has 6 heteroatoms. The Morgan fingerprint density at radius 1 is 1.39 bits per heavy atom. The van der Waals surface area contributed by atoms with Crippen LogP contribution >= 0.6 is 23.1 Å². The average Bonchev–Trinajstić information content (AvgIpc) is 3.22. The third-order valence-corrected chi connectivity index (χ3v) is 6.54. The fraction of sp³-hybridized carbons (Fsp3) is 0.294. The van der Waals surface area contributed by atoms with Crippen LogP contribution < -0.4 is 10.1 Å². The van der Waals surface area contributed by atoms with Crippen molar-refractivity contribution in [3.8, 4) is 22.3 Å². The molecule has 0 aliphatic carbocycles. The predicted octanol–water partition coefficient (Wildman–Crippen LogP) is 3.44. The number of amides is 1. The molecule has 4 nitrogen and oxygen atoms in total. The van der Waals surface area contributed by atoms with Gasteiger partial charge in [-0.2, -0.15) is 17.0 Å². The highest BCUT2D eigenvalue weighted by Crippen LogP contribution is 2.42. The van der Waals surface area contributed by atoms with Gasteiger partial charge in [0.2, 0.25) is 0 Å². The molecule has 1 amide bonds. The molecule has 2 aromatic rings. The van der Waals surface area contributed by atoms with Crippen LogP contribution in [0.1, 0.15) is 21.7 Å². The van der Waals surface area contributed by atoms with Gasteiger partial charge in [-0.1, -0.05) is 12.1 Å². The molecule has 4 rings (SSSR count). The second-order valence-electron chi connectivity index (χ2n) is 5.70. The molecular weight excluding hydrogens is 328 g/mol. The van der Waals surface area contributed by atoms with Gasteiger partial charge in [-0.15, -0.1) is 11.3 Å². The van der Waals surface area contributed by atoms with Crippen LogP contribution in [0.15, 0.2) is 30.3 Å². The third kappa shape index (κ3) is 2.50. The lowest BCUT2D eigenvalue weighted by molar-refractivity contribution is 0.0930. The molecule has 1 unspecified atom stereocenters. The monoisotopic (exact) mass is 342 g/mol. The quantitative estimate of drug-likeness (QED) is 0.908. The maximum Gasteiger partial charge on any atom is 0.262 e. The number of thiophene rings is 1. The summed E-state index contributed by atoms with van der Waals surface area (Å²) < 4.78 is 5.74. The number of hydrogen-bond acceptors (Lipinski definition) is 5. The number of para-hydroxylation sites is 1. The van der Waals surface area contributed by atoms with E-state index in [0.29, 0.717) is 23.7 Å². The molecule has 1 saturated heterocycles. The largest absolute Gasteiger partial charge is 0.488 e. The number of fused-ring (bicyclic) bond motifs is 3. The van der Waals surface area contributed by atoms with E-state index in [1.165, 1.54) is 11.3 Å². The van der Waals surface area contributed by atoms with Crippen molar-refractivity contribution in [3.63, 3.8) is 0 Å². The number of hydrogen-bond donors (Lipinski definition) is 1. The van der Waals surface area contributed by atoms with Crippen molar-refractivity contribution in [1.29, 1.82) is 5.26 Å². The smallest absolute Gasteiger partial charge is 0.262 e. The van der Waals surface area contributed by atoms with Gasteiger partial charge in [0, 0.05) is 21.8 Å². The van der Waals surface area contributed by atoms with E-state index in [9.17, 15) is 10.1 Å². The molecule has 1 fully saturated rings. The van der Waals surface area contributed by atoms with E-state index in [1.54, 1.807) is 11.8 Å². The minimum absolute atomic E-state index is 0.161. The van der Waals surface area contributed by atoms with Gasteiger partial charge in [-0.25, -0.2) is 0 Å². The maximum atomic E-state index is 12.6. The van der Waals surface area contributed by atoms with Gasteiger partial charge in [-0.05, 0) is 30.4 Å². The summed E-state index contributed by atoms with van der Waals surface area (Å²) in [4.78, 5) is 14.3. The molecule has 23 heavy (non-hydrogen) atoms. The second kappa shape index (κ2) is 5.59. The summed E-state index contributed by atoms with van der Waals surface area (Å²) in [7, 11) is 0. The number of carbonyl (C=O) groups excluding carboxylic acids is 1. The zero-order valence-electron chi connectivity index (χ0n) is 12.3. The van der Waals surface area contributed by atoms with Gasteiger partial charge in [-0.3, -0.25) is 4.79 Å². The number of rotatable bonds is 2. The number of thioether (sulfide) groups is 1. The second-order valence-corrected chi connectivity index (χ2v) is 7.86. The molecule has 1 atom stereocenters. The van der Waals surface area contributed by atoms with E-state index in [2.05, 4.69) is 11.4 Å². The molecule has 1 N–H and O–H groups in total. The van der Waals surface area contributed by atoms with Crippen LogP contribution in [0.5, 0.6) is 5.75 Å². The molecule has 0 saturated carbocycles. The van der Waals surface area contributed by atoms with Crippen LogP contribution in [0.2, 0.25) is 0 Å². The first-order valence-corrected chi connectivity index (χ1v) is 9.34. The Hall–Kier alpha value is -1.97.